The van der Waals surface area contributed by atoms with Crippen LogP contribution in [0.5, 0.6) is 5.75 Å². The highest BCUT2D eigenvalue weighted by atomic mass is 32.1. The van der Waals surface area contributed by atoms with E-state index in [-0.39, 0.29) is 5.91 Å². The van der Waals surface area contributed by atoms with E-state index in [0.717, 1.165) is 22.6 Å². The Morgan fingerprint density at radius 3 is 2.43 bits per heavy atom. The lowest BCUT2D eigenvalue weighted by Crippen LogP contribution is -2.21. The fourth-order valence-electron chi connectivity index (χ4n) is 2.90. The molecule has 0 atom stereocenters. The zero-order chi connectivity index (χ0) is 19.7. The Hall–Kier alpha value is -3.25. The molecule has 0 unspecified atom stereocenters. The average molecular weight is 389 g/mol. The minimum absolute atomic E-state index is 0.168. The standard InChI is InChI=1S/C22H19N3O2S/c1-14-4-8-17(9-5-14)20-13-28-22(23-20)25-21(26)19(15(2)24-25)12-16-6-10-18(27-3)11-7-16/h4-13H,1-3H3. The fourth-order valence-corrected chi connectivity index (χ4v) is 3.68. The Morgan fingerprint density at radius 2 is 1.75 bits per heavy atom. The van der Waals surface area contributed by atoms with Crippen molar-refractivity contribution < 1.29 is 9.53 Å². The minimum Gasteiger partial charge on any atom is -0.497 e. The number of aromatic nitrogens is 1. The summed E-state index contributed by atoms with van der Waals surface area (Å²) in [6, 6.07) is 15.7. The van der Waals surface area contributed by atoms with Crippen molar-refractivity contribution >= 4 is 34.2 Å². The summed E-state index contributed by atoms with van der Waals surface area (Å²) in [5.74, 6) is 0.608. The van der Waals surface area contributed by atoms with E-state index in [1.807, 2.05) is 73.8 Å². The number of nitrogens with zero attached hydrogens (tertiary/aromatic N) is 3. The molecule has 0 N–H and O–H groups in total. The van der Waals surface area contributed by atoms with Crippen LogP contribution in [-0.4, -0.2) is 23.7 Å². The van der Waals surface area contributed by atoms with Crippen molar-refractivity contribution in [2.24, 2.45) is 5.10 Å². The number of ether oxygens (including phenoxy) is 1. The molecule has 0 spiro atoms. The molecule has 140 valence electrons. The summed E-state index contributed by atoms with van der Waals surface area (Å²) < 4.78 is 5.18. The van der Waals surface area contributed by atoms with Gasteiger partial charge in [0, 0.05) is 10.9 Å². The molecule has 1 amide bonds. The number of carbonyl (C=O) groups is 1. The lowest BCUT2D eigenvalue weighted by Gasteiger charge is -2.07. The van der Waals surface area contributed by atoms with Crippen LogP contribution in [0.3, 0.4) is 0 Å². The maximum atomic E-state index is 12.9. The molecule has 0 saturated carbocycles. The van der Waals surface area contributed by atoms with Crippen LogP contribution in [-0.2, 0) is 4.79 Å². The summed E-state index contributed by atoms with van der Waals surface area (Å²) in [6.07, 6.45) is 1.84. The van der Waals surface area contributed by atoms with Crippen molar-refractivity contribution in [2.45, 2.75) is 13.8 Å². The van der Waals surface area contributed by atoms with Gasteiger partial charge in [0.05, 0.1) is 24.1 Å². The molecule has 1 aromatic heterocycles. The average Bonchev–Trinajstić information content (AvgIpc) is 3.30. The van der Waals surface area contributed by atoms with Gasteiger partial charge < -0.3 is 4.74 Å². The first kappa shape index (κ1) is 18.1. The van der Waals surface area contributed by atoms with Gasteiger partial charge in [0.15, 0.2) is 0 Å². The third-order valence-corrected chi connectivity index (χ3v) is 5.33. The molecule has 0 fully saturated rings. The van der Waals surface area contributed by atoms with Crippen LogP contribution in [0.2, 0.25) is 0 Å². The van der Waals surface area contributed by atoms with E-state index in [9.17, 15) is 4.79 Å². The second kappa shape index (κ2) is 7.40. The highest BCUT2D eigenvalue weighted by molar-refractivity contribution is 7.14. The fraction of sp³-hybridized carbons (Fsp3) is 0.136. The first-order valence-electron chi connectivity index (χ1n) is 8.83. The van der Waals surface area contributed by atoms with E-state index in [1.165, 1.54) is 21.9 Å². The Labute approximate surface area is 167 Å². The lowest BCUT2D eigenvalue weighted by atomic mass is 10.1. The van der Waals surface area contributed by atoms with Gasteiger partial charge in [-0.1, -0.05) is 42.0 Å². The first-order valence-corrected chi connectivity index (χ1v) is 9.71. The van der Waals surface area contributed by atoms with E-state index in [2.05, 4.69) is 10.1 Å². The summed E-state index contributed by atoms with van der Waals surface area (Å²) in [7, 11) is 1.63. The summed E-state index contributed by atoms with van der Waals surface area (Å²) in [6.45, 7) is 3.88. The number of thiazole rings is 1. The van der Waals surface area contributed by atoms with Crippen LogP contribution >= 0.6 is 11.3 Å². The monoisotopic (exact) mass is 389 g/mol. The maximum absolute atomic E-state index is 12.9. The first-order chi connectivity index (χ1) is 13.5. The van der Waals surface area contributed by atoms with Crippen molar-refractivity contribution in [1.29, 1.82) is 0 Å². The molecule has 28 heavy (non-hydrogen) atoms. The highest BCUT2D eigenvalue weighted by Crippen LogP contribution is 2.31. The second-order valence-electron chi connectivity index (χ2n) is 6.51. The van der Waals surface area contributed by atoms with E-state index in [0.29, 0.717) is 16.4 Å². The maximum Gasteiger partial charge on any atom is 0.282 e. The zero-order valence-corrected chi connectivity index (χ0v) is 16.7. The molecule has 1 aliphatic heterocycles. The van der Waals surface area contributed by atoms with Crippen LogP contribution < -0.4 is 9.75 Å². The van der Waals surface area contributed by atoms with Crippen molar-refractivity contribution in [3.05, 3.63) is 70.6 Å². The number of hydrazone groups is 1. The molecule has 0 aliphatic carbocycles. The second-order valence-corrected chi connectivity index (χ2v) is 7.35. The SMILES string of the molecule is COc1ccc(C=C2C(=O)N(c3nc(-c4ccc(C)cc4)cs3)N=C2C)cc1. The van der Waals surface area contributed by atoms with E-state index < -0.39 is 0 Å². The van der Waals surface area contributed by atoms with E-state index in [1.54, 1.807) is 7.11 Å². The normalized spacial score (nSPS) is 15.2. The number of rotatable bonds is 4. The molecule has 1 aliphatic rings. The van der Waals surface area contributed by atoms with Gasteiger partial charge in [-0.3, -0.25) is 4.79 Å². The minimum atomic E-state index is -0.168. The third-order valence-electron chi connectivity index (χ3n) is 4.51. The van der Waals surface area contributed by atoms with Gasteiger partial charge >= 0.3 is 0 Å². The molecule has 0 radical (unpaired) electrons. The third kappa shape index (κ3) is 3.46. The van der Waals surface area contributed by atoms with Crippen LogP contribution in [0.4, 0.5) is 5.13 Å². The van der Waals surface area contributed by atoms with Crippen LogP contribution in [0.15, 0.2) is 64.6 Å². The zero-order valence-electron chi connectivity index (χ0n) is 15.8. The van der Waals surface area contributed by atoms with Gasteiger partial charge in [-0.05, 0) is 37.6 Å². The molecule has 0 saturated heterocycles. The molecule has 4 rings (SSSR count). The predicted octanol–water partition coefficient (Wildman–Crippen LogP) is 4.93. The predicted molar refractivity (Wildman–Crippen MR) is 114 cm³/mol. The number of carbonyl (C=O) groups excluding carboxylic acids is 1. The highest BCUT2D eigenvalue weighted by Gasteiger charge is 2.30. The van der Waals surface area contributed by atoms with Crippen LogP contribution in [0.25, 0.3) is 17.3 Å². The molecule has 2 heterocycles. The number of benzene rings is 2. The number of aryl methyl sites for hydroxylation is 1. The largest absolute Gasteiger partial charge is 0.497 e. The molecular formula is C22H19N3O2S. The molecule has 3 aromatic rings. The summed E-state index contributed by atoms with van der Waals surface area (Å²) in [5, 5.41) is 8.32. The van der Waals surface area contributed by atoms with Gasteiger partial charge in [0.25, 0.3) is 5.91 Å². The Bertz CT molecular complexity index is 1080. The van der Waals surface area contributed by atoms with E-state index >= 15 is 0 Å². The van der Waals surface area contributed by atoms with Gasteiger partial charge in [-0.25, -0.2) is 4.98 Å². The van der Waals surface area contributed by atoms with Crippen molar-refractivity contribution in [2.75, 3.05) is 12.1 Å². The van der Waals surface area contributed by atoms with Crippen molar-refractivity contribution in [1.82, 2.24) is 4.98 Å². The van der Waals surface area contributed by atoms with E-state index in [4.69, 9.17) is 4.74 Å². The van der Waals surface area contributed by atoms with Gasteiger partial charge in [-0.2, -0.15) is 10.1 Å². The molecular weight excluding hydrogens is 370 g/mol. The van der Waals surface area contributed by atoms with Gasteiger partial charge in [-0.15, -0.1) is 11.3 Å². The number of amides is 1. The molecule has 5 nitrogen and oxygen atoms in total. The number of methoxy groups -OCH3 is 1. The van der Waals surface area contributed by atoms with Gasteiger partial charge in [0.1, 0.15) is 5.75 Å². The molecule has 6 heteroatoms. The Balaban J connectivity index is 1.59. The summed E-state index contributed by atoms with van der Waals surface area (Å²) in [5.41, 5.74) is 5.22. The Morgan fingerprint density at radius 1 is 1.04 bits per heavy atom. The quantitative estimate of drug-likeness (QED) is 0.594. The number of hydrogen-bond donors (Lipinski definition) is 0. The number of hydrogen-bond acceptors (Lipinski definition) is 5. The van der Waals surface area contributed by atoms with Crippen LogP contribution in [0.1, 0.15) is 18.1 Å². The smallest absolute Gasteiger partial charge is 0.282 e. The summed E-state index contributed by atoms with van der Waals surface area (Å²) >= 11 is 1.41. The molecule has 0 bridgehead atoms. The van der Waals surface area contributed by atoms with Crippen molar-refractivity contribution in [3.8, 4) is 17.0 Å². The van der Waals surface area contributed by atoms with Crippen LogP contribution in [0, 0.1) is 6.92 Å². The van der Waals surface area contributed by atoms with Gasteiger partial charge in [0.2, 0.25) is 5.13 Å². The topological polar surface area (TPSA) is 54.8 Å². The van der Waals surface area contributed by atoms with Crippen molar-refractivity contribution in [3.63, 3.8) is 0 Å². The number of anilines is 1. The summed E-state index contributed by atoms with van der Waals surface area (Å²) in [4.78, 5) is 17.5. The molecule has 2 aromatic carbocycles. The Kier molecular flexibility index (Phi) is 4.79. The lowest BCUT2D eigenvalue weighted by molar-refractivity contribution is -0.114.